The van der Waals surface area contributed by atoms with Gasteiger partial charge in [-0.05, 0) is 23.6 Å². The van der Waals surface area contributed by atoms with Gasteiger partial charge in [0.1, 0.15) is 11.7 Å². The molecule has 8 nitrogen and oxygen atoms in total. The van der Waals surface area contributed by atoms with Gasteiger partial charge in [-0.25, -0.2) is 13.8 Å². The average Bonchev–Trinajstić information content (AvgIpc) is 3.39. The number of halogens is 2. The van der Waals surface area contributed by atoms with Crippen LogP contribution in [0.25, 0.3) is 0 Å². The van der Waals surface area contributed by atoms with Gasteiger partial charge in [0.15, 0.2) is 0 Å². The number of hydrogen-bond donors (Lipinski definition) is 2. The minimum Gasteiger partial charge on any atom is -0.352 e. The summed E-state index contributed by atoms with van der Waals surface area (Å²) in [5.41, 5.74) is 1.58. The number of benzene rings is 1. The van der Waals surface area contributed by atoms with Gasteiger partial charge in [-0.15, -0.1) is 11.3 Å². The van der Waals surface area contributed by atoms with Crippen LogP contribution < -0.4 is 10.6 Å². The van der Waals surface area contributed by atoms with Crippen LogP contribution in [-0.4, -0.2) is 59.2 Å². The second-order valence-corrected chi connectivity index (χ2v) is 9.46. The largest absolute Gasteiger partial charge is 0.352 e. The lowest BCUT2D eigenvalue weighted by molar-refractivity contribution is -0.131. The lowest BCUT2D eigenvalue weighted by Crippen LogP contribution is -2.43. The SMILES string of the molecule is CC(C)CNC(=O)c1ccc(Cc2nc(C(=O)NCC(=O)N3CC(F)(F)C[C@H]3C#N)cs2)cc1. The standard InChI is InChI=1S/C23H25F2N5O3S/c1-14(2)10-27-21(32)16-5-3-15(4-6-16)7-19-29-18(12-34-19)22(33)28-11-20(31)30-13-23(24,25)8-17(30)9-26/h3-6,12,14,17H,7-8,10-11,13H2,1-2H3,(H,27,32)(H,28,33)/t17-/m0/s1. The minimum absolute atomic E-state index is 0.112. The number of amides is 3. The highest BCUT2D eigenvalue weighted by Gasteiger charge is 2.47. The molecule has 3 amide bonds. The monoisotopic (exact) mass is 489 g/mol. The fourth-order valence-electron chi connectivity index (χ4n) is 3.39. The number of aromatic nitrogens is 1. The molecule has 0 unspecified atom stereocenters. The molecule has 1 aliphatic heterocycles. The Labute approximate surface area is 200 Å². The van der Waals surface area contributed by atoms with E-state index in [-0.39, 0.29) is 11.6 Å². The molecule has 1 aromatic carbocycles. The van der Waals surface area contributed by atoms with Crippen molar-refractivity contribution in [3.05, 3.63) is 51.5 Å². The van der Waals surface area contributed by atoms with E-state index in [0.717, 1.165) is 10.5 Å². The van der Waals surface area contributed by atoms with Gasteiger partial charge in [-0.1, -0.05) is 26.0 Å². The van der Waals surface area contributed by atoms with Crippen molar-refractivity contribution in [2.75, 3.05) is 19.6 Å². The molecule has 0 bridgehead atoms. The van der Waals surface area contributed by atoms with Crippen molar-refractivity contribution >= 4 is 29.1 Å². The van der Waals surface area contributed by atoms with Crippen LogP contribution in [0.1, 0.15) is 51.7 Å². The van der Waals surface area contributed by atoms with Crippen molar-refractivity contribution in [3.63, 3.8) is 0 Å². The number of nitriles is 1. The Balaban J connectivity index is 1.52. The fourth-order valence-corrected chi connectivity index (χ4v) is 4.19. The normalized spacial score (nSPS) is 16.8. The number of nitrogens with one attached hydrogen (secondary N) is 2. The molecule has 2 heterocycles. The van der Waals surface area contributed by atoms with Crippen LogP contribution in [0.15, 0.2) is 29.6 Å². The molecule has 180 valence electrons. The van der Waals surface area contributed by atoms with Gasteiger partial charge in [-0.3, -0.25) is 14.4 Å². The third-order valence-corrected chi connectivity index (χ3v) is 6.01. The highest BCUT2D eigenvalue weighted by atomic mass is 32.1. The number of alkyl halides is 2. The summed E-state index contributed by atoms with van der Waals surface area (Å²) in [6.45, 7) is 3.30. The van der Waals surface area contributed by atoms with Crippen LogP contribution in [0.3, 0.4) is 0 Å². The molecule has 1 aromatic heterocycles. The van der Waals surface area contributed by atoms with E-state index in [1.165, 1.54) is 11.3 Å². The number of thiazole rings is 1. The zero-order valence-corrected chi connectivity index (χ0v) is 19.6. The van der Waals surface area contributed by atoms with E-state index in [0.29, 0.717) is 29.5 Å². The second kappa shape index (κ2) is 10.7. The van der Waals surface area contributed by atoms with E-state index >= 15 is 0 Å². The predicted octanol–water partition coefficient (Wildman–Crippen LogP) is 2.61. The van der Waals surface area contributed by atoms with E-state index in [9.17, 15) is 23.2 Å². The van der Waals surface area contributed by atoms with Crippen LogP contribution in [0.5, 0.6) is 0 Å². The first kappa shape index (κ1) is 25.2. The molecule has 2 aromatic rings. The Morgan fingerprint density at radius 3 is 2.59 bits per heavy atom. The summed E-state index contributed by atoms with van der Waals surface area (Å²) in [6, 6.07) is 7.59. The lowest BCUT2D eigenvalue weighted by Gasteiger charge is -2.19. The Bertz CT molecular complexity index is 1090. The van der Waals surface area contributed by atoms with Gasteiger partial charge in [0, 0.05) is 30.3 Å². The van der Waals surface area contributed by atoms with Gasteiger partial charge in [-0.2, -0.15) is 5.26 Å². The summed E-state index contributed by atoms with van der Waals surface area (Å²) in [4.78, 5) is 41.7. The molecular weight excluding hydrogens is 464 g/mol. The zero-order valence-electron chi connectivity index (χ0n) is 18.8. The van der Waals surface area contributed by atoms with Crippen molar-refractivity contribution in [1.82, 2.24) is 20.5 Å². The Hall–Kier alpha value is -3.39. The number of nitrogens with zero attached hydrogens (tertiary/aromatic N) is 3. The van der Waals surface area contributed by atoms with Crippen molar-refractivity contribution in [2.24, 2.45) is 5.92 Å². The molecule has 3 rings (SSSR count). The Morgan fingerprint density at radius 2 is 1.94 bits per heavy atom. The van der Waals surface area contributed by atoms with E-state index in [4.69, 9.17) is 5.26 Å². The van der Waals surface area contributed by atoms with Gasteiger partial charge < -0.3 is 15.5 Å². The van der Waals surface area contributed by atoms with Crippen LogP contribution in [0.4, 0.5) is 8.78 Å². The molecule has 1 saturated heterocycles. The fraction of sp³-hybridized carbons (Fsp3) is 0.435. The molecule has 1 aliphatic rings. The molecule has 11 heteroatoms. The van der Waals surface area contributed by atoms with Crippen molar-refractivity contribution in [3.8, 4) is 6.07 Å². The summed E-state index contributed by atoms with van der Waals surface area (Å²) in [5.74, 6) is -4.24. The summed E-state index contributed by atoms with van der Waals surface area (Å²) >= 11 is 1.27. The first-order valence-electron chi connectivity index (χ1n) is 10.7. The van der Waals surface area contributed by atoms with Crippen molar-refractivity contribution in [2.45, 2.75) is 38.7 Å². The molecule has 34 heavy (non-hydrogen) atoms. The highest BCUT2D eigenvalue weighted by Crippen LogP contribution is 2.31. The smallest absolute Gasteiger partial charge is 0.271 e. The maximum atomic E-state index is 13.5. The number of carbonyl (C=O) groups excluding carboxylic acids is 3. The summed E-state index contributed by atoms with van der Waals surface area (Å²) in [7, 11) is 0. The quantitative estimate of drug-likeness (QED) is 0.592. The first-order chi connectivity index (χ1) is 16.1. The van der Waals surface area contributed by atoms with Crippen molar-refractivity contribution < 1.29 is 23.2 Å². The van der Waals surface area contributed by atoms with Crippen LogP contribution in [-0.2, 0) is 11.2 Å². The number of carbonyl (C=O) groups is 3. The predicted molar refractivity (Wildman–Crippen MR) is 122 cm³/mol. The molecule has 0 aliphatic carbocycles. The van der Waals surface area contributed by atoms with E-state index in [1.54, 1.807) is 23.6 Å². The maximum absolute atomic E-state index is 13.5. The third-order valence-electron chi connectivity index (χ3n) is 5.17. The lowest BCUT2D eigenvalue weighted by atomic mass is 10.1. The van der Waals surface area contributed by atoms with Gasteiger partial charge in [0.25, 0.3) is 17.7 Å². The van der Waals surface area contributed by atoms with Gasteiger partial charge >= 0.3 is 0 Å². The van der Waals surface area contributed by atoms with Crippen LogP contribution in [0.2, 0.25) is 0 Å². The zero-order chi connectivity index (χ0) is 24.9. The second-order valence-electron chi connectivity index (χ2n) is 8.51. The summed E-state index contributed by atoms with van der Waals surface area (Å²) < 4.78 is 27.0. The summed E-state index contributed by atoms with van der Waals surface area (Å²) in [5, 5.41) is 16.4. The molecule has 1 fully saturated rings. The number of rotatable bonds is 8. The molecule has 1 atom stereocenters. The highest BCUT2D eigenvalue weighted by molar-refractivity contribution is 7.09. The van der Waals surface area contributed by atoms with E-state index < -0.39 is 43.3 Å². The average molecular weight is 490 g/mol. The number of hydrogen-bond acceptors (Lipinski definition) is 6. The maximum Gasteiger partial charge on any atom is 0.271 e. The molecule has 0 spiro atoms. The molecular formula is C23H25F2N5O3S. The Kier molecular flexibility index (Phi) is 7.94. The van der Waals surface area contributed by atoms with Gasteiger partial charge in [0.05, 0.1) is 24.2 Å². The Morgan fingerprint density at radius 1 is 1.24 bits per heavy atom. The summed E-state index contributed by atoms with van der Waals surface area (Å²) in [6.07, 6.45) is -0.250. The molecule has 0 radical (unpaired) electrons. The van der Waals surface area contributed by atoms with Crippen LogP contribution >= 0.6 is 11.3 Å². The molecule has 0 saturated carbocycles. The third kappa shape index (κ3) is 6.57. The van der Waals surface area contributed by atoms with E-state index in [2.05, 4.69) is 15.6 Å². The van der Waals surface area contributed by atoms with Crippen molar-refractivity contribution in [1.29, 1.82) is 5.26 Å². The molecule has 2 N–H and O–H groups in total. The number of likely N-dealkylation sites (tertiary alicyclic amines) is 1. The van der Waals surface area contributed by atoms with Gasteiger partial charge in [0.2, 0.25) is 5.91 Å². The topological polar surface area (TPSA) is 115 Å². The first-order valence-corrected chi connectivity index (χ1v) is 11.6. The minimum atomic E-state index is -3.11. The van der Waals surface area contributed by atoms with Crippen LogP contribution in [0, 0.1) is 17.2 Å². The van der Waals surface area contributed by atoms with E-state index in [1.807, 2.05) is 26.0 Å².